The van der Waals surface area contributed by atoms with E-state index in [1.165, 1.54) is 13.0 Å². The molecule has 0 aromatic heterocycles. The standard InChI is InChI=1S/C26H22N2O3/c1-18-6-5-7-20(14-18)17-31-25-9-4-3-8-22(25)15-23(16-27)26(30)28-24-12-10-21(11-13-24)19(2)29/h3-15H,17H2,1-2H3,(H,28,30)/b23-15+. The molecule has 3 aromatic rings. The fourth-order valence-electron chi connectivity index (χ4n) is 2.99. The van der Waals surface area contributed by atoms with Gasteiger partial charge in [0.2, 0.25) is 0 Å². The average molecular weight is 410 g/mol. The van der Waals surface area contributed by atoms with E-state index in [-0.39, 0.29) is 11.4 Å². The molecular formula is C26H22N2O3. The van der Waals surface area contributed by atoms with E-state index >= 15 is 0 Å². The molecular weight excluding hydrogens is 388 g/mol. The van der Waals surface area contributed by atoms with E-state index in [2.05, 4.69) is 5.32 Å². The van der Waals surface area contributed by atoms with Gasteiger partial charge in [0.15, 0.2) is 5.78 Å². The number of ketones is 1. The molecule has 0 fully saturated rings. The minimum Gasteiger partial charge on any atom is -0.488 e. The number of Topliss-reactive ketones (excluding diaryl/α,β-unsaturated/α-hetero) is 1. The number of carbonyl (C=O) groups excluding carboxylic acids is 2. The van der Waals surface area contributed by atoms with Gasteiger partial charge in [0.25, 0.3) is 5.91 Å². The summed E-state index contributed by atoms with van der Waals surface area (Å²) in [5.41, 5.74) is 3.81. The van der Waals surface area contributed by atoms with Crippen molar-refractivity contribution in [2.24, 2.45) is 0 Å². The highest BCUT2D eigenvalue weighted by Crippen LogP contribution is 2.23. The van der Waals surface area contributed by atoms with E-state index in [0.29, 0.717) is 29.2 Å². The van der Waals surface area contributed by atoms with Crippen molar-refractivity contribution in [3.8, 4) is 11.8 Å². The third-order valence-corrected chi connectivity index (χ3v) is 4.61. The van der Waals surface area contributed by atoms with E-state index < -0.39 is 5.91 Å². The van der Waals surface area contributed by atoms with Crippen LogP contribution < -0.4 is 10.1 Å². The van der Waals surface area contributed by atoms with Crippen LogP contribution in [0.1, 0.15) is 34.0 Å². The van der Waals surface area contributed by atoms with Crippen LogP contribution in [0.2, 0.25) is 0 Å². The minimum atomic E-state index is -0.536. The maximum absolute atomic E-state index is 12.6. The molecule has 31 heavy (non-hydrogen) atoms. The van der Waals surface area contributed by atoms with Crippen molar-refractivity contribution in [3.05, 3.63) is 101 Å². The summed E-state index contributed by atoms with van der Waals surface area (Å²) >= 11 is 0. The highest BCUT2D eigenvalue weighted by molar-refractivity contribution is 6.10. The molecule has 154 valence electrons. The lowest BCUT2D eigenvalue weighted by Crippen LogP contribution is -2.13. The summed E-state index contributed by atoms with van der Waals surface area (Å²) in [6, 6.07) is 23.7. The molecule has 1 N–H and O–H groups in total. The van der Waals surface area contributed by atoms with Crippen LogP contribution in [0.15, 0.2) is 78.4 Å². The highest BCUT2D eigenvalue weighted by Gasteiger charge is 2.12. The maximum Gasteiger partial charge on any atom is 0.266 e. The van der Waals surface area contributed by atoms with Crippen LogP contribution in [0, 0.1) is 18.3 Å². The Morgan fingerprint density at radius 1 is 1.03 bits per heavy atom. The van der Waals surface area contributed by atoms with Gasteiger partial charge in [-0.1, -0.05) is 48.0 Å². The number of hydrogen-bond donors (Lipinski definition) is 1. The number of para-hydroxylation sites is 1. The Morgan fingerprint density at radius 3 is 2.45 bits per heavy atom. The second-order valence-corrected chi connectivity index (χ2v) is 7.07. The molecule has 0 aliphatic rings. The first-order valence-electron chi connectivity index (χ1n) is 9.78. The van der Waals surface area contributed by atoms with E-state index in [4.69, 9.17) is 4.74 Å². The molecule has 0 saturated carbocycles. The quantitative estimate of drug-likeness (QED) is 0.325. The van der Waals surface area contributed by atoms with Crippen LogP contribution in [0.3, 0.4) is 0 Å². The fourth-order valence-corrected chi connectivity index (χ4v) is 2.99. The van der Waals surface area contributed by atoms with Gasteiger partial charge in [-0.15, -0.1) is 0 Å². The monoisotopic (exact) mass is 410 g/mol. The second kappa shape index (κ2) is 10.0. The Morgan fingerprint density at radius 2 is 1.77 bits per heavy atom. The molecule has 5 nitrogen and oxygen atoms in total. The number of rotatable bonds is 7. The highest BCUT2D eigenvalue weighted by atomic mass is 16.5. The lowest BCUT2D eigenvalue weighted by molar-refractivity contribution is -0.112. The molecule has 3 rings (SSSR count). The van der Waals surface area contributed by atoms with Crippen LogP contribution in [-0.4, -0.2) is 11.7 Å². The molecule has 0 heterocycles. The van der Waals surface area contributed by atoms with Gasteiger partial charge < -0.3 is 10.1 Å². The van der Waals surface area contributed by atoms with Crippen molar-refractivity contribution >= 4 is 23.5 Å². The molecule has 0 radical (unpaired) electrons. The lowest BCUT2D eigenvalue weighted by Gasteiger charge is -2.10. The second-order valence-electron chi connectivity index (χ2n) is 7.07. The Hall–Kier alpha value is -4.17. The van der Waals surface area contributed by atoms with Crippen molar-refractivity contribution in [1.82, 2.24) is 0 Å². The Bertz CT molecular complexity index is 1170. The van der Waals surface area contributed by atoms with Crippen molar-refractivity contribution in [2.75, 3.05) is 5.32 Å². The van der Waals surface area contributed by atoms with Crippen LogP contribution in [0.5, 0.6) is 5.75 Å². The SMILES string of the molecule is CC(=O)c1ccc(NC(=O)/C(C#N)=C/c2ccccc2OCc2cccc(C)c2)cc1. The molecule has 0 unspecified atom stereocenters. The number of benzene rings is 3. The molecule has 0 aliphatic heterocycles. The zero-order chi connectivity index (χ0) is 22.2. The van der Waals surface area contributed by atoms with Crippen molar-refractivity contribution in [1.29, 1.82) is 5.26 Å². The van der Waals surface area contributed by atoms with E-state index in [1.54, 1.807) is 36.4 Å². The van der Waals surface area contributed by atoms with E-state index in [1.807, 2.05) is 49.4 Å². The normalized spacial score (nSPS) is 10.8. The van der Waals surface area contributed by atoms with Gasteiger partial charge in [0.05, 0.1) is 0 Å². The number of ether oxygens (including phenoxy) is 1. The number of amides is 1. The van der Waals surface area contributed by atoms with Crippen molar-refractivity contribution in [3.63, 3.8) is 0 Å². The van der Waals surface area contributed by atoms with Crippen molar-refractivity contribution < 1.29 is 14.3 Å². The summed E-state index contributed by atoms with van der Waals surface area (Å²) in [5.74, 6) is -0.0142. The van der Waals surface area contributed by atoms with Gasteiger partial charge in [0.1, 0.15) is 24.0 Å². The summed E-state index contributed by atoms with van der Waals surface area (Å²) in [6.45, 7) is 3.87. The predicted octanol–water partition coefficient (Wildman–Crippen LogP) is 5.32. The van der Waals surface area contributed by atoms with Crippen LogP contribution in [-0.2, 0) is 11.4 Å². The van der Waals surface area contributed by atoms with Gasteiger partial charge in [-0.05, 0) is 55.8 Å². The molecule has 0 aliphatic carbocycles. The Balaban J connectivity index is 1.76. The third kappa shape index (κ3) is 5.91. The van der Waals surface area contributed by atoms with Crippen molar-refractivity contribution in [2.45, 2.75) is 20.5 Å². The molecule has 0 saturated heterocycles. The summed E-state index contributed by atoms with van der Waals surface area (Å²) in [7, 11) is 0. The number of carbonyl (C=O) groups is 2. The number of aryl methyl sites for hydroxylation is 1. The van der Waals surface area contributed by atoms with Gasteiger partial charge in [0, 0.05) is 16.8 Å². The third-order valence-electron chi connectivity index (χ3n) is 4.61. The molecule has 5 heteroatoms. The van der Waals surface area contributed by atoms with E-state index in [9.17, 15) is 14.9 Å². The average Bonchev–Trinajstić information content (AvgIpc) is 2.77. The summed E-state index contributed by atoms with van der Waals surface area (Å²) in [5, 5.41) is 12.2. The topological polar surface area (TPSA) is 79.2 Å². The molecule has 1 amide bonds. The van der Waals surface area contributed by atoms with Crippen LogP contribution >= 0.6 is 0 Å². The Kier molecular flexibility index (Phi) is 6.97. The van der Waals surface area contributed by atoms with E-state index in [0.717, 1.165) is 11.1 Å². The molecule has 0 bridgehead atoms. The van der Waals surface area contributed by atoms with Crippen LogP contribution in [0.25, 0.3) is 6.08 Å². The maximum atomic E-state index is 12.6. The zero-order valence-electron chi connectivity index (χ0n) is 17.4. The Labute approximate surface area is 181 Å². The van der Waals surface area contributed by atoms with Gasteiger partial charge in [-0.25, -0.2) is 0 Å². The first-order chi connectivity index (χ1) is 15.0. The number of hydrogen-bond acceptors (Lipinski definition) is 4. The number of nitrogens with one attached hydrogen (secondary N) is 1. The van der Waals surface area contributed by atoms with Gasteiger partial charge in [-0.2, -0.15) is 5.26 Å². The molecule has 0 atom stereocenters. The molecule has 0 spiro atoms. The zero-order valence-corrected chi connectivity index (χ0v) is 17.4. The van der Waals surface area contributed by atoms with Gasteiger partial charge >= 0.3 is 0 Å². The van der Waals surface area contributed by atoms with Crippen LogP contribution in [0.4, 0.5) is 5.69 Å². The fraction of sp³-hybridized carbons (Fsp3) is 0.115. The van der Waals surface area contributed by atoms with Gasteiger partial charge in [-0.3, -0.25) is 9.59 Å². The summed E-state index contributed by atoms with van der Waals surface area (Å²) < 4.78 is 5.94. The largest absolute Gasteiger partial charge is 0.488 e. The number of nitrogens with zero attached hydrogens (tertiary/aromatic N) is 1. The first-order valence-corrected chi connectivity index (χ1v) is 9.78. The summed E-state index contributed by atoms with van der Waals surface area (Å²) in [4.78, 5) is 24.0. The lowest BCUT2D eigenvalue weighted by atomic mass is 10.1. The summed E-state index contributed by atoms with van der Waals surface area (Å²) in [6.07, 6.45) is 1.50. The predicted molar refractivity (Wildman–Crippen MR) is 121 cm³/mol. The molecule has 3 aromatic carbocycles. The minimum absolute atomic E-state index is 0.0535. The first kappa shape index (κ1) is 21.5. The number of anilines is 1. The number of nitriles is 1. The smallest absolute Gasteiger partial charge is 0.266 e.